The molecule has 2 rings (SSSR count). The molecule has 0 fully saturated rings. The number of ether oxygens (including phenoxy) is 1. The topological polar surface area (TPSA) is 92.7 Å². The van der Waals surface area contributed by atoms with Crippen molar-refractivity contribution in [2.75, 3.05) is 12.4 Å². The number of thiophene rings is 1. The first-order chi connectivity index (χ1) is 11.2. The molecule has 0 saturated carbocycles. The average molecular weight is 351 g/mol. The first-order valence-electron chi connectivity index (χ1n) is 7.62. The monoisotopic (exact) mass is 351 g/mol. The molecule has 0 aliphatic heterocycles. The second-order valence-corrected chi connectivity index (χ2v) is 7.36. The van der Waals surface area contributed by atoms with Crippen LogP contribution in [-0.2, 0) is 14.3 Å². The Labute approximate surface area is 144 Å². The van der Waals surface area contributed by atoms with E-state index in [9.17, 15) is 19.5 Å². The molecule has 0 aromatic carbocycles. The van der Waals surface area contributed by atoms with Gasteiger partial charge < -0.3 is 15.2 Å². The zero-order valence-electron chi connectivity index (χ0n) is 14.1. The van der Waals surface area contributed by atoms with E-state index in [0.29, 0.717) is 23.4 Å². The Hall–Kier alpha value is -2.15. The van der Waals surface area contributed by atoms with Gasteiger partial charge in [-0.3, -0.25) is 9.59 Å². The molecule has 0 radical (unpaired) electrons. The quantitative estimate of drug-likeness (QED) is 0.642. The summed E-state index contributed by atoms with van der Waals surface area (Å²) in [5, 5.41) is 12.6. The van der Waals surface area contributed by atoms with E-state index < -0.39 is 23.8 Å². The van der Waals surface area contributed by atoms with Gasteiger partial charge in [0.2, 0.25) is 5.91 Å². The number of hydrogen-bond acceptors (Lipinski definition) is 5. The fourth-order valence-corrected chi connectivity index (χ4v) is 3.80. The highest BCUT2D eigenvalue weighted by Crippen LogP contribution is 2.36. The Morgan fingerprint density at radius 3 is 2.29 bits per heavy atom. The van der Waals surface area contributed by atoms with Gasteiger partial charge in [-0.1, -0.05) is 11.1 Å². The minimum absolute atomic E-state index is 0.291. The second-order valence-electron chi connectivity index (χ2n) is 6.10. The number of allylic oxidation sites excluding steroid dienone is 2. The maximum Gasteiger partial charge on any atom is 0.340 e. The van der Waals surface area contributed by atoms with Crippen LogP contribution in [0.5, 0.6) is 0 Å². The van der Waals surface area contributed by atoms with E-state index in [4.69, 9.17) is 4.74 Å². The van der Waals surface area contributed by atoms with Crippen LogP contribution in [0, 0.1) is 18.8 Å². The lowest BCUT2D eigenvalue weighted by Gasteiger charge is -2.29. The minimum atomic E-state index is -0.974. The van der Waals surface area contributed by atoms with Crippen LogP contribution in [-0.4, -0.2) is 30.1 Å². The van der Waals surface area contributed by atoms with E-state index in [-0.39, 0.29) is 5.91 Å². The Morgan fingerprint density at radius 2 is 1.75 bits per heavy atom. The van der Waals surface area contributed by atoms with Crippen molar-refractivity contribution in [1.82, 2.24) is 0 Å². The number of carbonyl (C=O) groups is 3. The molecule has 6 nitrogen and oxygen atoms in total. The SMILES string of the molecule is COC(=O)c1cc(C)sc1NC(=O)C1CC(C)=C(C)CC1C(=O)O. The number of methoxy groups -OCH3 is 1. The summed E-state index contributed by atoms with van der Waals surface area (Å²) in [5.41, 5.74) is 2.36. The van der Waals surface area contributed by atoms with Gasteiger partial charge in [0.25, 0.3) is 0 Å². The zero-order chi connectivity index (χ0) is 18.0. The number of esters is 1. The summed E-state index contributed by atoms with van der Waals surface area (Å²) < 4.78 is 4.72. The lowest BCUT2D eigenvalue weighted by molar-refractivity contribution is -0.146. The smallest absolute Gasteiger partial charge is 0.340 e. The second kappa shape index (κ2) is 7.17. The zero-order valence-corrected chi connectivity index (χ0v) is 15.0. The molecule has 2 unspecified atom stereocenters. The average Bonchev–Trinajstić information content (AvgIpc) is 2.88. The predicted octanol–water partition coefficient (Wildman–Crippen LogP) is 3.23. The third-order valence-electron chi connectivity index (χ3n) is 4.42. The van der Waals surface area contributed by atoms with Gasteiger partial charge in [0.05, 0.1) is 24.5 Å². The number of amides is 1. The van der Waals surface area contributed by atoms with Crippen LogP contribution in [0.25, 0.3) is 0 Å². The van der Waals surface area contributed by atoms with Gasteiger partial charge in [-0.05, 0) is 39.7 Å². The number of nitrogens with one attached hydrogen (secondary N) is 1. The molecule has 2 atom stereocenters. The molecular weight excluding hydrogens is 330 g/mol. The van der Waals surface area contributed by atoms with Gasteiger partial charge in [-0.2, -0.15) is 0 Å². The molecule has 2 N–H and O–H groups in total. The number of carbonyl (C=O) groups excluding carboxylic acids is 2. The van der Waals surface area contributed by atoms with E-state index in [1.807, 2.05) is 20.8 Å². The van der Waals surface area contributed by atoms with E-state index in [2.05, 4.69) is 5.32 Å². The molecule has 0 bridgehead atoms. The highest BCUT2D eigenvalue weighted by atomic mass is 32.1. The maximum absolute atomic E-state index is 12.7. The van der Waals surface area contributed by atoms with Gasteiger partial charge >= 0.3 is 11.9 Å². The summed E-state index contributed by atoms with van der Waals surface area (Å²) in [6.07, 6.45) is 0.777. The van der Waals surface area contributed by atoms with Gasteiger partial charge in [-0.15, -0.1) is 11.3 Å². The highest BCUT2D eigenvalue weighted by Gasteiger charge is 2.37. The van der Waals surface area contributed by atoms with Crippen LogP contribution in [0.1, 0.15) is 41.9 Å². The Morgan fingerprint density at radius 1 is 1.17 bits per heavy atom. The summed E-state index contributed by atoms with van der Waals surface area (Å²) in [4.78, 5) is 36.9. The largest absolute Gasteiger partial charge is 0.481 e. The minimum Gasteiger partial charge on any atom is -0.481 e. The summed E-state index contributed by atoms with van der Waals surface area (Å²) in [6.45, 7) is 5.64. The van der Waals surface area contributed by atoms with Gasteiger partial charge in [0, 0.05) is 4.88 Å². The molecule has 1 aliphatic carbocycles. The summed E-state index contributed by atoms with van der Waals surface area (Å²) >= 11 is 1.27. The van der Waals surface area contributed by atoms with Crippen molar-refractivity contribution in [1.29, 1.82) is 0 Å². The van der Waals surface area contributed by atoms with E-state index >= 15 is 0 Å². The van der Waals surface area contributed by atoms with Crippen molar-refractivity contribution in [3.05, 3.63) is 27.7 Å². The normalized spacial score (nSPS) is 20.7. The molecule has 7 heteroatoms. The van der Waals surface area contributed by atoms with E-state index in [0.717, 1.165) is 16.0 Å². The number of carboxylic acid groups (broad SMARTS) is 1. The first kappa shape index (κ1) is 18.2. The highest BCUT2D eigenvalue weighted by molar-refractivity contribution is 7.16. The van der Waals surface area contributed by atoms with Crippen molar-refractivity contribution in [2.45, 2.75) is 33.6 Å². The summed E-state index contributed by atoms with van der Waals surface area (Å²) in [6, 6.07) is 1.65. The van der Waals surface area contributed by atoms with Gasteiger partial charge in [-0.25, -0.2) is 4.79 Å². The Kier molecular flexibility index (Phi) is 5.43. The molecular formula is C17H21NO5S. The molecule has 1 heterocycles. The van der Waals surface area contributed by atoms with Crippen LogP contribution in [0.3, 0.4) is 0 Å². The van der Waals surface area contributed by atoms with Crippen LogP contribution >= 0.6 is 11.3 Å². The predicted molar refractivity (Wildman–Crippen MR) is 91.2 cm³/mol. The van der Waals surface area contributed by atoms with Crippen molar-refractivity contribution in [3.8, 4) is 0 Å². The molecule has 1 aliphatic rings. The number of hydrogen-bond donors (Lipinski definition) is 2. The molecule has 130 valence electrons. The van der Waals surface area contributed by atoms with Crippen molar-refractivity contribution < 1.29 is 24.2 Å². The van der Waals surface area contributed by atoms with Crippen LogP contribution in [0.4, 0.5) is 5.00 Å². The summed E-state index contributed by atoms with van der Waals surface area (Å²) in [5.74, 6) is -3.28. The van der Waals surface area contributed by atoms with Crippen LogP contribution < -0.4 is 5.32 Å². The van der Waals surface area contributed by atoms with Crippen molar-refractivity contribution in [3.63, 3.8) is 0 Å². The van der Waals surface area contributed by atoms with Gasteiger partial charge in [0.1, 0.15) is 5.00 Å². The molecule has 1 amide bonds. The third-order valence-corrected chi connectivity index (χ3v) is 5.38. The number of rotatable bonds is 4. The molecule has 0 saturated heterocycles. The van der Waals surface area contributed by atoms with Crippen molar-refractivity contribution >= 4 is 34.2 Å². The number of aliphatic carboxylic acids is 1. The van der Waals surface area contributed by atoms with Crippen molar-refractivity contribution in [2.24, 2.45) is 11.8 Å². The third kappa shape index (κ3) is 3.67. The molecule has 0 spiro atoms. The van der Waals surface area contributed by atoms with Crippen LogP contribution in [0.15, 0.2) is 17.2 Å². The number of anilines is 1. The standard InChI is InChI=1S/C17H21NO5S/c1-8-5-11(12(16(20)21)6-9(8)2)14(19)18-15-13(17(22)23-4)7-10(3)24-15/h7,11-12H,5-6H2,1-4H3,(H,18,19)(H,20,21). The van der Waals surface area contributed by atoms with E-state index in [1.54, 1.807) is 6.07 Å². The molecule has 1 aromatic heterocycles. The summed E-state index contributed by atoms with van der Waals surface area (Å²) in [7, 11) is 1.28. The van der Waals surface area contributed by atoms with Crippen LogP contribution in [0.2, 0.25) is 0 Å². The molecule has 24 heavy (non-hydrogen) atoms. The molecule has 1 aromatic rings. The van der Waals surface area contributed by atoms with E-state index in [1.165, 1.54) is 18.4 Å². The number of aryl methyl sites for hydroxylation is 1. The van der Waals surface area contributed by atoms with Gasteiger partial charge in [0.15, 0.2) is 0 Å². The first-order valence-corrected chi connectivity index (χ1v) is 8.43. The lowest BCUT2D eigenvalue weighted by Crippen LogP contribution is -2.36. The fraction of sp³-hybridized carbons (Fsp3) is 0.471. The Balaban J connectivity index is 2.26. The maximum atomic E-state index is 12.7. The lowest BCUT2D eigenvalue weighted by atomic mass is 9.76. The fourth-order valence-electron chi connectivity index (χ4n) is 2.90. The number of carboxylic acids is 1. The Bertz CT molecular complexity index is 719.